The minimum atomic E-state index is -1.10. The average molecular weight is 464 g/mol. The van der Waals surface area contributed by atoms with Gasteiger partial charge in [0.05, 0.1) is 12.7 Å². The molecule has 0 saturated heterocycles. The Balaban J connectivity index is 1.24. The highest BCUT2D eigenvalue weighted by atomic mass is 16.5. The number of benzene rings is 3. The van der Waals surface area contributed by atoms with Crippen LogP contribution in [0.15, 0.2) is 72.8 Å². The molecule has 0 saturated carbocycles. The number of aliphatic hydroxyl groups is 3. The summed E-state index contributed by atoms with van der Waals surface area (Å²) in [4.78, 5) is 12.3. The van der Waals surface area contributed by atoms with Crippen molar-refractivity contribution in [2.45, 2.75) is 24.5 Å². The average Bonchev–Trinajstić information content (AvgIpc) is 3.19. The first-order chi connectivity index (χ1) is 16.6. The van der Waals surface area contributed by atoms with Crippen LogP contribution in [0.3, 0.4) is 0 Å². The van der Waals surface area contributed by atoms with Gasteiger partial charge in [0.15, 0.2) is 0 Å². The molecule has 0 bridgehead atoms. The van der Waals surface area contributed by atoms with Crippen LogP contribution in [0.4, 0.5) is 4.79 Å². The van der Waals surface area contributed by atoms with Crippen molar-refractivity contribution in [2.24, 2.45) is 0 Å². The summed E-state index contributed by atoms with van der Waals surface area (Å²) in [6.45, 7) is 0.480. The Morgan fingerprint density at radius 1 is 0.912 bits per heavy atom. The smallest absolute Gasteiger partial charge is 0.407 e. The van der Waals surface area contributed by atoms with Gasteiger partial charge in [-0.3, -0.25) is 0 Å². The van der Waals surface area contributed by atoms with Gasteiger partial charge in [-0.15, -0.1) is 0 Å². The number of alkyl carbamates (subject to hydrolysis) is 1. The van der Waals surface area contributed by atoms with Gasteiger partial charge in [0.25, 0.3) is 0 Å². The van der Waals surface area contributed by atoms with Gasteiger partial charge in [0, 0.05) is 12.5 Å². The number of carbonyl (C=O) groups is 1. The molecule has 3 aromatic carbocycles. The van der Waals surface area contributed by atoms with Gasteiger partial charge in [0.1, 0.15) is 25.1 Å². The Kier molecular flexibility index (Phi) is 7.80. The van der Waals surface area contributed by atoms with Crippen LogP contribution in [0.1, 0.15) is 35.1 Å². The zero-order chi connectivity index (χ0) is 23.9. The SMILES string of the molecule is O=C(NCCC(O)C(O)c1ccc(OCCO)cc1)OCC1c2ccccc2-c2ccccc21. The first kappa shape index (κ1) is 23.8. The highest BCUT2D eigenvalue weighted by Crippen LogP contribution is 2.44. The van der Waals surface area contributed by atoms with Crippen LogP contribution in [0, 0.1) is 0 Å². The van der Waals surface area contributed by atoms with Crippen molar-refractivity contribution in [3.63, 3.8) is 0 Å². The van der Waals surface area contributed by atoms with Crippen LogP contribution in [0.25, 0.3) is 11.1 Å². The second kappa shape index (κ2) is 11.2. The van der Waals surface area contributed by atoms with Gasteiger partial charge >= 0.3 is 6.09 Å². The summed E-state index contributed by atoms with van der Waals surface area (Å²) < 4.78 is 10.8. The minimum Gasteiger partial charge on any atom is -0.491 e. The van der Waals surface area contributed by atoms with Crippen molar-refractivity contribution >= 4 is 6.09 Å². The van der Waals surface area contributed by atoms with E-state index in [9.17, 15) is 15.0 Å². The maximum Gasteiger partial charge on any atom is 0.407 e. The number of hydrogen-bond donors (Lipinski definition) is 4. The van der Waals surface area contributed by atoms with Gasteiger partial charge in [0.2, 0.25) is 0 Å². The lowest BCUT2D eigenvalue weighted by Gasteiger charge is -2.19. The van der Waals surface area contributed by atoms with E-state index in [0.717, 1.165) is 22.3 Å². The summed E-state index contributed by atoms with van der Waals surface area (Å²) in [6, 6.07) is 22.9. The predicted molar refractivity (Wildman–Crippen MR) is 128 cm³/mol. The van der Waals surface area contributed by atoms with E-state index in [1.165, 1.54) is 0 Å². The van der Waals surface area contributed by atoms with E-state index in [1.807, 2.05) is 24.3 Å². The summed E-state index contributed by atoms with van der Waals surface area (Å²) >= 11 is 0. The second-order valence-electron chi connectivity index (χ2n) is 8.19. The standard InChI is InChI=1S/C27H29NO6/c29-15-16-33-19-11-9-18(10-12-19)26(31)25(30)13-14-28-27(32)34-17-24-22-7-3-1-5-20(22)21-6-2-4-8-23(21)24/h1-12,24-26,29-31H,13-17H2,(H,28,32). The van der Waals surface area contributed by atoms with Crippen LogP contribution in [-0.2, 0) is 4.74 Å². The molecule has 0 aromatic heterocycles. The molecule has 4 N–H and O–H groups in total. The predicted octanol–water partition coefficient (Wildman–Crippen LogP) is 3.38. The normalized spacial score (nSPS) is 14.1. The summed E-state index contributed by atoms with van der Waals surface area (Å²) in [5.74, 6) is 0.548. The van der Waals surface area contributed by atoms with Crippen molar-refractivity contribution in [1.82, 2.24) is 5.32 Å². The van der Waals surface area contributed by atoms with Crippen LogP contribution < -0.4 is 10.1 Å². The van der Waals surface area contributed by atoms with E-state index in [4.69, 9.17) is 14.6 Å². The van der Waals surface area contributed by atoms with Crippen LogP contribution in [-0.4, -0.2) is 53.9 Å². The van der Waals surface area contributed by atoms with Gasteiger partial charge < -0.3 is 30.1 Å². The number of rotatable bonds is 10. The van der Waals surface area contributed by atoms with Crippen LogP contribution in [0.2, 0.25) is 0 Å². The number of amides is 1. The number of nitrogens with one attached hydrogen (secondary N) is 1. The Morgan fingerprint density at radius 3 is 2.15 bits per heavy atom. The third-order valence-electron chi connectivity index (χ3n) is 6.00. The number of fused-ring (bicyclic) bond motifs is 3. The first-order valence-corrected chi connectivity index (χ1v) is 11.4. The molecule has 178 valence electrons. The number of carbonyl (C=O) groups excluding carboxylic acids is 1. The molecule has 2 atom stereocenters. The molecule has 0 spiro atoms. The fraction of sp³-hybridized carbons (Fsp3) is 0.296. The molecule has 1 aliphatic carbocycles. The third kappa shape index (κ3) is 5.39. The molecule has 4 rings (SSSR count). The van der Waals surface area contributed by atoms with E-state index in [0.29, 0.717) is 11.3 Å². The monoisotopic (exact) mass is 463 g/mol. The van der Waals surface area contributed by atoms with E-state index in [-0.39, 0.29) is 38.7 Å². The largest absolute Gasteiger partial charge is 0.491 e. The lowest BCUT2D eigenvalue weighted by atomic mass is 9.98. The van der Waals surface area contributed by atoms with E-state index in [1.54, 1.807) is 24.3 Å². The quantitative estimate of drug-likeness (QED) is 0.367. The lowest BCUT2D eigenvalue weighted by molar-refractivity contribution is 0.0136. The zero-order valence-electron chi connectivity index (χ0n) is 18.8. The van der Waals surface area contributed by atoms with Crippen molar-refractivity contribution in [2.75, 3.05) is 26.4 Å². The number of aliphatic hydroxyl groups excluding tert-OH is 3. The maximum absolute atomic E-state index is 12.3. The Labute approximate surface area is 198 Å². The van der Waals surface area contributed by atoms with Crippen molar-refractivity contribution in [3.05, 3.63) is 89.5 Å². The summed E-state index contributed by atoms with van der Waals surface area (Å²) in [5, 5.41) is 32.1. The molecule has 0 fully saturated rings. The molecule has 0 aliphatic heterocycles. The number of ether oxygens (including phenoxy) is 2. The Hall–Kier alpha value is -3.39. The van der Waals surface area contributed by atoms with Gasteiger partial charge in [-0.1, -0.05) is 60.7 Å². The molecule has 7 nitrogen and oxygen atoms in total. The lowest BCUT2D eigenvalue weighted by Crippen LogP contribution is -2.30. The number of hydrogen-bond acceptors (Lipinski definition) is 6. The fourth-order valence-corrected chi connectivity index (χ4v) is 4.28. The maximum atomic E-state index is 12.3. The molecule has 34 heavy (non-hydrogen) atoms. The van der Waals surface area contributed by atoms with Crippen molar-refractivity contribution in [1.29, 1.82) is 0 Å². The third-order valence-corrected chi connectivity index (χ3v) is 6.00. The molecular formula is C27H29NO6. The van der Waals surface area contributed by atoms with E-state index < -0.39 is 18.3 Å². The van der Waals surface area contributed by atoms with E-state index >= 15 is 0 Å². The zero-order valence-corrected chi connectivity index (χ0v) is 18.8. The molecular weight excluding hydrogens is 434 g/mol. The molecule has 0 heterocycles. The summed E-state index contributed by atoms with van der Waals surface area (Å²) in [7, 11) is 0. The topological polar surface area (TPSA) is 108 Å². The highest BCUT2D eigenvalue weighted by molar-refractivity contribution is 5.79. The van der Waals surface area contributed by atoms with Crippen molar-refractivity contribution < 1.29 is 29.6 Å². The molecule has 0 radical (unpaired) electrons. The molecule has 1 aliphatic rings. The highest BCUT2D eigenvalue weighted by Gasteiger charge is 2.29. The minimum absolute atomic E-state index is 0.0186. The van der Waals surface area contributed by atoms with Crippen LogP contribution >= 0.6 is 0 Å². The fourth-order valence-electron chi connectivity index (χ4n) is 4.28. The van der Waals surface area contributed by atoms with Crippen LogP contribution in [0.5, 0.6) is 5.75 Å². The Bertz CT molecular complexity index is 1050. The summed E-state index contributed by atoms with van der Waals surface area (Å²) in [5.41, 5.74) is 5.14. The molecule has 2 unspecified atom stereocenters. The second-order valence-corrected chi connectivity index (χ2v) is 8.19. The first-order valence-electron chi connectivity index (χ1n) is 11.4. The molecule has 3 aromatic rings. The summed E-state index contributed by atoms with van der Waals surface area (Å²) in [6.07, 6.45) is -2.56. The van der Waals surface area contributed by atoms with Crippen molar-refractivity contribution in [3.8, 4) is 16.9 Å². The van der Waals surface area contributed by atoms with Gasteiger partial charge in [-0.05, 0) is 46.4 Å². The molecule has 1 amide bonds. The Morgan fingerprint density at radius 2 is 1.53 bits per heavy atom. The molecule has 7 heteroatoms. The van der Waals surface area contributed by atoms with E-state index in [2.05, 4.69) is 29.6 Å². The van der Waals surface area contributed by atoms with Gasteiger partial charge in [-0.25, -0.2) is 4.79 Å². The van der Waals surface area contributed by atoms with Gasteiger partial charge in [-0.2, -0.15) is 0 Å².